The van der Waals surface area contributed by atoms with E-state index in [0.29, 0.717) is 13.0 Å². The van der Waals surface area contributed by atoms with Gasteiger partial charge in [-0.25, -0.2) is 0 Å². The van der Waals surface area contributed by atoms with Crippen LogP contribution >= 0.6 is 11.8 Å². The number of carbonyl (C=O) groups excluding carboxylic acids is 1. The van der Waals surface area contributed by atoms with Crippen molar-refractivity contribution >= 4 is 28.4 Å². The van der Waals surface area contributed by atoms with Crippen LogP contribution in [0, 0.1) is 0 Å². The topological polar surface area (TPSA) is 83.0 Å². The van der Waals surface area contributed by atoms with Crippen LogP contribution in [0.15, 0.2) is 47.6 Å². The first-order valence-electron chi connectivity index (χ1n) is 10.1. The molecule has 2 atom stereocenters. The lowest BCUT2D eigenvalue weighted by Crippen LogP contribution is -2.19. The number of amides is 1. The predicted octanol–water partition coefficient (Wildman–Crippen LogP) is 3.88. The average molecular weight is 411 g/mol. The number of nitrogens with two attached hydrogens (primary N) is 1. The van der Waals surface area contributed by atoms with Gasteiger partial charge in [-0.2, -0.15) is 0 Å². The fourth-order valence-corrected chi connectivity index (χ4v) is 4.68. The normalized spacial score (nSPS) is 17.6. The van der Waals surface area contributed by atoms with Gasteiger partial charge in [0.25, 0.3) is 0 Å². The van der Waals surface area contributed by atoms with Crippen molar-refractivity contribution in [3.63, 3.8) is 0 Å². The summed E-state index contributed by atoms with van der Waals surface area (Å²) in [4.78, 5) is 11.2. The van der Waals surface area contributed by atoms with Crippen LogP contribution in [0.4, 0.5) is 0 Å². The van der Waals surface area contributed by atoms with E-state index in [-0.39, 0.29) is 23.7 Å². The molecule has 0 saturated carbocycles. The van der Waals surface area contributed by atoms with E-state index in [1.807, 2.05) is 0 Å². The zero-order valence-corrected chi connectivity index (χ0v) is 17.4. The highest BCUT2D eigenvalue weighted by Crippen LogP contribution is 2.35. The van der Waals surface area contributed by atoms with Crippen molar-refractivity contribution in [3.8, 4) is 0 Å². The van der Waals surface area contributed by atoms with Crippen molar-refractivity contribution in [1.82, 2.24) is 14.8 Å². The Kier molecular flexibility index (Phi) is 6.16. The summed E-state index contributed by atoms with van der Waals surface area (Å²) >= 11 is 1.69. The second-order valence-corrected chi connectivity index (χ2v) is 8.79. The van der Waals surface area contributed by atoms with Crippen molar-refractivity contribution < 1.29 is 9.53 Å². The Morgan fingerprint density at radius 2 is 2.10 bits per heavy atom. The van der Waals surface area contributed by atoms with Gasteiger partial charge in [-0.3, -0.25) is 4.79 Å². The number of aryl methyl sites for hydroxylation is 1. The van der Waals surface area contributed by atoms with Gasteiger partial charge in [0, 0.05) is 24.7 Å². The van der Waals surface area contributed by atoms with Crippen LogP contribution in [0.25, 0.3) is 10.8 Å². The molecule has 2 N–H and O–H groups in total. The van der Waals surface area contributed by atoms with Gasteiger partial charge in [-0.15, -0.1) is 10.2 Å². The smallest absolute Gasteiger partial charge is 0.217 e. The molecule has 1 aliphatic rings. The number of thioether (sulfide) groups is 1. The predicted molar refractivity (Wildman–Crippen MR) is 115 cm³/mol. The van der Waals surface area contributed by atoms with Crippen molar-refractivity contribution in [1.29, 1.82) is 0 Å². The van der Waals surface area contributed by atoms with Crippen LogP contribution in [-0.4, -0.2) is 33.4 Å². The Morgan fingerprint density at radius 3 is 2.86 bits per heavy atom. The van der Waals surface area contributed by atoms with Gasteiger partial charge < -0.3 is 15.0 Å². The molecule has 1 amide bonds. The number of aromatic nitrogens is 3. The first-order valence-corrected chi connectivity index (χ1v) is 11.0. The molecule has 7 heteroatoms. The number of fused-ring (bicyclic) bond motifs is 1. The summed E-state index contributed by atoms with van der Waals surface area (Å²) in [6.07, 6.45) is 3.07. The second kappa shape index (κ2) is 8.97. The molecule has 2 heterocycles. The van der Waals surface area contributed by atoms with Gasteiger partial charge in [0.05, 0.1) is 12.6 Å². The molecule has 2 unspecified atom stereocenters. The third-order valence-electron chi connectivity index (χ3n) is 5.32. The minimum atomic E-state index is -0.324. The number of rotatable bonds is 8. The Bertz CT molecular complexity index is 997. The van der Waals surface area contributed by atoms with E-state index in [2.05, 4.69) is 64.2 Å². The van der Waals surface area contributed by atoms with Gasteiger partial charge in [-0.05, 0) is 36.1 Å². The highest BCUT2D eigenvalue weighted by atomic mass is 32.2. The van der Waals surface area contributed by atoms with Crippen molar-refractivity contribution in [2.75, 3.05) is 6.61 Å². The fraction of sp³-hybridized carbons (Fsp3) is 0.409. The molecule has 152 valence electrons. The SMILES string of the molecule is CC(Sc1nnc(CCC(N)=O)n1CC1CCCO1)c1ccc2ccccc2c1. The number of ether oxygens (including phenoxy) is 1. The maximum absolute atomic E-state index is 11.2. The molecule has 4 rings (SSSR count). The van der Waals surface area contributed by atoms with Crippen LogP contribution in [0.1, 0.15) is 42.8 Å². The maximum atomic E-state index is 11.2. The highest BCUT2D eigenvalue weighted by molar-refractivity contribution is 7.99. The van der Waals surface area contributed by atoms with Crippen molar-refractivity contribution in [2.45, 2.75) is 55.7 Å². The molecule has 3 aromatic rings. The van der Waals surface area contributed by atoms with Crippen molar-refractivity contribution in [3.05, 3.63) is 53.9 Å². The quantitative estimate of drug-likeness (QED) is 0.570. The van der Waals surface area contributed by atoms with E-state index in [0.717, 1.165) is 30.4 Å². The molecular formula is C22H26N4O2S. The lowest BCUT2D eigenvalue weighted by molar-refractivity contribution is -0.118. The average Bonchev–Trinajstić information content (AvgIpc) is 3.37. The Balaban J connectivity index is 1.56. The molecule has 1 saturated heterocycles. The van der Waals surface area contributed by atoms with Crippen molar-refractivity contribution in [2.24, 2.45) is 5.73 Å². The summed E-state index contributed by atoms with van der Waals surface area (Å²) in [6, 6.07) is 15.0. The second-order valence-electron chi connectivity index (χ2n) is 7.48. The zero-order valence-electron chi connectivity index (χ0n) is 16.6. The Labute approximate surface area is 174 Å². The monoisotopic (exact) mass is 410 g/mol. The standard InChI is InChI=1S/C22H26N4O2S/c1-15(17-9-8-16-5-2-3-6-18(16)13-17)29-22-25-24-21(11-10-20(23)27)26(22)14-19-7-4-12-28-19/h2-3,5-6,8-9,13,15,19H,4,7,10-12,14H2,1H3,(H2,23,27). The van der Waals surface area contributed by atoms with Gasteiger partial charge in [0.1, 0.15) is 5.82 Å². The minimum Gasteiger partial charge on any atom is -0.376 e. The highest BCUT2D eigenvalue weighted by Gasteiger charge is 2.22. The zero-order chi connectivity index (χ0) is 20.2. The van der Waals surface area contributed by atoms with Crippen LogP contribution in [0.5, 0.6) is 0 Å². The van der Waals surface area contributed by atoms with Crippen LogP contribution in [-0.2, 0) is 22.5 Å². The third kappa shape index (κ3) is 4.79. The number of carbonyl (C=O) groups is 1. The molecule has 1 aromatic heterocycles. The maximum Gasteiger partial charge on any atom is 0.217 e. The molecule has 1 fully saturated rings. The molecule has 0 bridgehead atoms. The first-order chi connectivity index (χ1) is 14.1. The molecule has 29 heavy (non-hydrogen) atoms. The van der Waals surface area contributed by atoms with E-state index in [1.54, 1.807) is 11.8 Å². The Morgan fingerprint density at radius 1 is 1.28 bits per heavy atom. The van der Waals surface area contributed by atoms with Crippen LogP contribution in [0.2, 0.25) is 0 Å². The van der Waals surface area contributed by atoms with E-state index in [4.69, 9.17) is 10.5 Å². The molecule has 1 aliphatic heterocycles. The van der Waals surface area contributed by atoms with Gasteiger partial charge in [-0.1, -0.05) is 54.2 Å². The largest absolute Gasteiger partial charge is 0.376 e. The van der Waals surface area contributed by atoms with Gasteiger partial charge >= 0.3 is 0 Å². The van der Waals surface area contributed by atoms with Crippen LogP contribution in [0.3, 0.4) is 0 Å². The minimum absolute atomic E-state index is 0.175. The summed E-state index contributed by atoms with van der Waals surface area (Å²) in [7, 11) is 0. The lowest BCUT2D eigenvalue weighted by Gasteiger charge is -2.17. The Hall–Kier alpha value is -2.38. The van der Waals surface area contributed by atoms with E-state index in [9.17, 15) is 4.79 Å². The van der Waals surface area contributed by atoms with E-state index >= 15 is 0 Å². The lowest BCUT2D eigenvalue weighted by atomic mass is 10.1. The van der Waals surface area contributed by atoms with Crippen LogP contribution < -0.4 is 5.73 Å². The number of hydrogen-bond donors (Lipinski definition) is 1. The molecule has 0 spiro atoms. The molecule has 2 aromatic carbocycles. The summed E-state index contributed by atoms with van der Waals surface area (Å²) < 4.78 is 7.93. The summed E-state index contributed by atoms with van der Waals surface area (Å²) in [5.41, 5.74) is 6.59. The van der Waals surface area contributed by atoms with Gasteiger partial charge in [0.2, 0.25) is 5.91 Å². The first kappa shape index (κ1) is 19.9. The molecule has 6 nitrogen and oxygen atoms in total. The van der Waals surface area contributed by atoms with Gasteiger partial charge in [0.15, 0.2) is 5.16 Å². The number of benzene rings is 2. The molecular weight excluding hydrogens is 384 g/mol. The summed E-state index contributed by atoms with van der Waals surface area (Å²) in [5, 5.41) is 12.3. The summed E-state index contributed by atoms with van der Waals surface area (Å²) in [6.45, 7) is 3.70. The number of primary amides is 1. The molecule has 0 radical (unpaired) electrons. The fourth-order valence-electron chi connectivity index (χ4n) is 3.69. The van der Waals surface area contributed by atoms with E-state index < -0.39 is 0 Å². The number of hydrogen-bond acceptors (Lipinski definition) is 5. The third-order valence-corrected chi connectivity index (χ3v) is 6.46. The summed E-state index contributed by atoms with van der Waals surface area (Å²) in [5.74, 6) is 0.475. The van der Waals surface area contributed by atoms with E-state index in [1.165, 1.54) is 16.3 Å². The number of nitrogens with zero attached hydrogens (tertiary/aromatic N) is 3. The molecule has 0 aliphatic carbocycles.